The molecule has 1 fully saturated rings. The molecule has 0 spiro atoms. The summed E-state index contributed by atoms with van der Waals surface area (Å²) in [5.74, 6) is 1.03. The maximum atomic E-state index is 13.0. The molecule has 1 amide bonds. The van der Waals surface area contributed by atoms with E-state index in [2.05, 4.69) is 15.1 Å². The number of aromatic nitrogens is 3. The number of hydrogen-bond acceptors (Lipinski definition) is 8. The van der Waals surface area contributed by atoms with Gasteiger partial charge >= 0.3 is 6.01 Å². The molecule has 9 heteroatoms. The molecule has 1 aliphatic carbocycles. The summed E-state index contributed by atoms with van der Waals surface area (Å²) in [6.07, 6.45) is 6.07. The van der Waals surface area contributed by atoms with E-state index in [1.807, 2.05) is 13.8 Å². The fraction of sp³-hybridized carbons (Fsp3) is 0.619. The minimum absolute atomic E-state index is 0.128. The van der Waals surface area contributed by atoms with E-state index in [9.17, 15) is 9.90 Å². The van der Waals surface area contributed by atoms with Crippen LogP contribution in [0.15, 0.2) is 10.7 Å². The van der Waals surface area contributed by atoms with Gasteiger partial charge in [0.05, 0.1) is 24.4 Å². The van der Waals surface area contributed by atoms with Crippen LogP contribution in [0.25, 0.3) is 0 Å². The summed E-state index contributed by atoms with van der Waals surface area (Å²) in [6, 6.07) is 0.219. The lowest BCUT2D eigenvalue weighted by Gasteiger charge is -2.38. The maximum absolute atomic E-state index is 13.0. The number of carbonyl (C=O) groups is 1. The largest absolute Gasteiger partial charge is 0.478 e. The second kappa shape index (κ2) is 8.59. The Bertz CT molecular complexity index is 905. The molecule has 9 nitrogen and oxygen atoms in total. The zero-order valence-corrected chi connectivity index (χ0v) is 17.5. The Balaban J connectivity index is 1.49. The molecule has 1 aliphatic heterocycles. The molecule has 2 aliphatic rings. The summed E-state index contributed by atoms with van der Waals surface area (Å²) < 4.78 is 16.4. The van der Waals surface area contributed by atoms with Gasteiger partial charge in [-0.15, -0.1) is 0 Å². The molecule has 0 saturated carbocycles. The first kappa shape index (κ1) is 20.6. The number of fused-ring (bicyclic) bond motifs is 1. The molecule has 1 saturated heterocycles. The second-order valence-corrected chi connectivity index (χ2v) is 7.70. The van der Waals surface area contributed by atoms with Crippen molar-refractivity contribution >= 4 is 5.91 Å². The number of piperidine rings is 1. The van der Waals surface area contributed by atoms with Gasteiger partial charge in [0, 0.05) is 31.3 Å². The summed E-state index contributed by atoms with van der Waals surface area (Å²) in [7, 11) is 0. The van der Waals surface area contributed by atoms with Gasteiger partial charge in [-0.2, -0.15) is 4.98 Å². The van der Waals surface area contributed by atoms with Crippen molar-refractivity contribution in [3.63, 3.8) is 0 Å². The van der Waals surface area contributed by atoms with Crippen LogP contribution in [0.1, 0.15) is 66.9 Å². The molecule has 162 valence electrons. The van der Waals surface area contributed by atoms with E-state index in [0.29, 0.717) is 56.3 Å². The van der Waals surface area contributed by atoms with Crippen molar-refractivity contribution in [3.8, 4) is 11.9 Å². The molecular weight excluding hydrogens is 388 g/mol. The Morgan fingerprint density at radius 3 is 2.67 bits per heavy atom. The monoisotopic (exact) mass is 416 g/mol. The van der Waals surface area contributed by atoms with E-state index in [0.717, 1.165) is 37.0 Å². The minimum Gasteiger partial charge on any atom is -0.478 e. The average molecular weight is 416 g/mol. The summed E-state index contributed by atoms with van der Waals surface area (Å²) in [6.45, 7) is 5.36. The van der Waals surface area contributed by atoms with Crippen molar-refractivity contribution < 1.29 is 23.9 Å². The highest BCUT2D eigenvalue weighted by Crippen LogP contribution is 2.38. The fourth-order valence-electron chi connectivity index (χ4n) is 4.17. The highest BCUT2D eigenvalue weighted by atomic mass is 16.5. The summed E-state index contributed by atoms with van der Waals surface area (Å²) in [4.78, 5) is 23.3. The first-order chi connectivity index (χ1) is 14.6. The summed E-state index contributed by atoms with van der Waals surface area (Å²) in [5, 5.41) is 15.4. The second-order valence-electron chi connectivity index (χ2n) is 7.70. The smallest absolute Gasteiger partial charge is 0.319 e. The van der Waals surface area contributed by atoms with Gasteiger partial charge in [0.2, 0.25) is 5.88 Å². The van der Waals surface area contributed by atoms with Gasteiger partial charge in [-0.25, -0.2) is 4.98 Å². The molecule has 0 radical (unpaired) electrons. The predicted molar refractivity (Wildman–Crippen MR) is 107 cm³/mol. The van der Waals surface area contributed by atoms with Crippen LogP contribution in [0.3, 0.4) is 0 Å². The molecule has 1 N–H and O–H groups in total. The number of hydrogen-bond donors (Lipinski definition) is 1. The molecular formula is C21H28N4O5. The van der Waals surface area contributed by atoms with Crippen molar-refractivity contribution in [2.24, 2.45) is 0 Å². The van der Waals surface area contributed by atoms with Crippen molar-refractivity contribution in [2.75, 3.05) is 26.3 Å². The van der Waals surface area contributed by atoms with Crippen LogP contribution in [0, 0.1) is 0 Å². The zero-order chi connectivity index (χ0) is 21.1. The molecule has 0 unspecified atom stereocenters. The number of aliphatic hydroxyl groups is 1. The fourth-order valence-corrected chi connectivity index (χ4v) is 4.17. The number of rotatable bonds is 6. The van der Waals surface area contributed by atoms with Crippen LogP contribution in [0.4, 0.5) is 0 Å². The van der Waals surface area contributed by atoms with Crippen molar-refractivity contribution in [1.82, 2.24) is 20.0 Å². The lowest BCUT2D eigenvalue weighted by atomic mass is 9.85. The molecule has 30 heavy (non-hydrogen) atoms. The molecule has 2 aromatic rings. The average Bonchev–Trinajstić information content (AvgIpc) is 3.19. The Kier molecular flexibility index (Phi) is 5.90. The van der Waals surface area contributed by atoms with Crippen LogP contribution >= 0.6 is 0 Å². The van der Waals surface area contributed by atoms with Crippen LogP contribution in [-0.2, 0) is 18.4 Å². The predicted octanol–water partition coefficient (Wildman–Crippen LogP) is 2.26. The highest BCUT2D eigenvalue weighted by molar-refractivity contribution is 5.94. The van der Waals surface area contributed by atoms with Gasteiger partial charge in [-0.05, 0) is 46.0 Å². The number of nitrogens with zero attached hydrogens (tertiary/aromatic N) is 4. The van der Waals surface area contributed by atoms with Gasteiger partial charge in [0.25, 0.3) is 5.91 Å². The summed E-state index contributed by atoms with van der Waals surface area (Å²) >= 11 is 0. The van der Waals surface area contributed by atoms with Crippen molar-refractivity contribution in [2.45, 2.75) is 58.0 Å². The number of carbonyl (C=O) groups excluding carboxylic acids is 1. The van der Waals surface area contributed by atoms with Gasteiger partial charge in [-0.1, -0.05) is 5.16 Å². The van der Waals surface area contributed by atoms with Gasteiger partial charge < -0.3 is 24.0 Å². The molecule has 0 atom stereocenters. The van der Waals surface area contributed by atoms with E-state index < -0.39 is 5.60 Å². The Labute approximate surface area is 175 Å². The number of likely N-dealkylation sites (tertiary alicyclic amines) is 1. The van der Waals surface area contributed by atoms with Crippen LogP contribution in [0.2, 0.25) is 0 Å². The van der Waals surface area contributed by atoms with Crippen LogP contribution in [-0.4, -0.2) is 57.3 Å². The van der Waals surface area contributed by atoms with E-state index >= 15 is 0 Å². The van der Waals surface area contributed by atoms with E-state index in [1.54, 1.807) is 11.1 Å². The molecule has 2 aromatic heterocycles. The summed E-state index contributed by atoms with van der Waals surface area (Å²) in [5.41, 5.74) is 0.730. The lowest BCUT2D eigenvalue weighted by Crippen LogP contribution is -2.45. The molecule has 0 aromatic carbocycles. The maximum Gasteiger partial charge on any atom is 0.319 e. The Morgan fingerprint density at radius 1 is 1.20 bits per heavy atom. The SMILES string of the molecule is CCOc1ncc(C2(O)CCN(C(=O)c3noc4c3CCCC4)CC2)c(OCC)n1. The van der Waals surface area contributed by atoms with E-state index in [4.69, 9.17) is 14.0 Å². The van der Waals surface area contributed by atoms with E-state index in [1.165, 1.54) is 0 Å². The minimum atomic E-state index is -1.17. The third kappa shape index (κ3) is 3.86. The Hall–Kier alpha value is -2.68. The topological polar surface area (TPSA) is 111 Å². The number of aryl methyl sites for hydroxylation is 1. The van der Waals surface area contributed by atoms with Crippen molar-refractivity contribution in [3.05, 3.63) is 28.8 Å². The molecule has 3 heterocycles. The first-order valence-corrected chi connectivity index (χ1v) is 10.7. The normalized spacial score (nSPS) is 18.0. The number of amides is 1. The standard InChI is InChI=1S/C21H28N4O5/c1-3-28-18-15(13-22-20(23-18)29-4-2)21(27)9-11-25(12-10-21)19(26)17-14-7-5-6-8-16(14)30-24-17/h13,27H,3-12H2,1-2H3. The lowest BCUT2D eigenvalue weighted by molar-refractivity contribution is -0.0238. The Morgan fingerprint density at radius 2 is 1.93 bits per heavy atom. The van der Waals surface area contributed by atoms with E-state index in [-0.39, 0.29) is 11.9 Å². The third-order valence-electron chi connectivity index (χ3n) is 5.82. The third-order valence-corrected chi connectivity index (χ3v) is 5.82. The molecule has 0 bridgehead atoms. The van der Waals surface area contributed by atoms with Crippen molar-refractivity contribution in [1.29, 1.82) is 0 Å². The van der Waals surface area contributed by atoms with Gasteiger partial charge in [-0.3, -0.25) is 4.79 Å². The zero-order valence-electron chi connectivity index (χ0n) is 17.5. The van der Waals surface area contributed by atoms with Crippen LogP contribution in [0.5, 0.6) is 11.9 Å². The quantitative estimate of drug-likeness (QED) is 0.763. The number of ether oxygens (including phenoxy) is 2. The van der Waals surface area contributed by atoms with Crippen LogP contribution < -0.4 is 9.47 Å². The highest BCUT2D eigenvalue weighted by Gasteiger charge is 2.40. The van der Waals surface area contributed by atoms with Gasteiger partial charge in [0.1, 0.15) is 5.76 Å². The first-order valence-electron chi connectivity index (χ1n) is 10.7. The van der Waals surface area contributed by atoms with Gasteiger partial charge in [0.15, 0.2) is 5.69 Å². The molecule has 4 rings (SSSR count).